The van der Waals surface area contributed by atoms with Crippen LogP contribution in [0.4, 0.5) is 10.2 Å². The number of nitrogens with zero attached hydrogens (tertiary/aromatic N) is 5. The number of aromatic nitrogens is 5. The molecule has 1 N–H and O–H groups in total. The third-order valence-electron chi connectivity index (χ3n) is 3.99. The van der Waals surface area contributed by atoms with E-state index in [1.54, 1.807) is 27.5 Å². The van der Waals surface area contributed by atoms with E-state index in [-0.39, 0.29) is 5.82 Å². The van der Waals surface area contributed by atoms with Crippen molar-refractivity contribution >= 4 is 17.4 Å². The normalized spacial score (nSPS) is 11.0. The van der Waals surface area contributed by atoms with Gasteiger partial charge in [-0.1, -0.05) is 6.07 Å². The van der Waals surface area contributed by atoms with Gasteiger partial charge in [-0.25, -0.2) is 9.97 Å². The number of hydrogen-bond acceptors (Lipinski definition) is 4. The van der Waals surface area contributed by atoms with Crippen LogP contribution in [0.15, 0.2) is 48.9 Å². The number of carbonyl (C=O) groups excluding carboxylic acids is 1. The molecule has 0 aromatic carbocycles. The van der Waals surface area contributed by atoms with Gasteiger partial charge in [-0.15, -0.1) is 0 Å². The number of hydrogen-bond donors (Lipinski definition) is 1. The van der Waals surface area contributed by atoms with Gasteiger partial charge < -0.3 is 9.72 Å². The number of imidazole rings is 1. The van der Waals surface area contributed by atoms with Crippen LogP contribution in [0.2, 0.25) is 0 Å². The molecule has 0 bridgehead atoms. The van der Waals surface area contributed by atoms with Crippen LogP contribution in [0, 0.1) is 12.9 Å². The zero-order chi connectivity index (χ0) is 18.3. The van der Waals surface area contributed by atoms with Crippen LogP contribution in [-0.2, 0) is 7.05 Å². The highest BCUT2D eigenvalue weighted by atomic mass is 19.1. The SMILES string of the molecule is Cc1cc(-c2cc(C(=O)Nc3cccc(F)n3)c3nccn3c2)n(C)n1. The predicted molar refractivity (Wildman–Crippen MR) is 94.3 cm³/mol. The van der Waals surface area contributed by atoms with Crippen molar-refractivity contribution in [1.29, 1.82) is 0 Å². The van der Waals surface area contributed by atoms with E-state index in [0.29, 0.717) is 11.2 Å². The zero-order valence-corrected chi connectivity index (χ0v) is 14.1. The van der Waals surface area contributed by atoms with Gasteiger partial charge in [0.1, 0.15) is 11.5 Å². The first-order valence-electron chi connectivity index (χ1n) is 7.93. The Kier molecular flexibility index (Phi) is 3.72. The second kappa shape index (κ2) is 6.07. The maximum absolute atomic E-state index is 13.3. The number of nitrogens with one attached hydrogen (secondary N) is 1. The lowest BCUT2D eigenvalue weighted by Crippen LogP contribution is -2.15. The van der Waals surface area contributed by atoms with E-state index < -0.39 is 11.9 Å². The van der Waals surface area contributed by atoms with Crippen LogP contribution in [0.3, 0.4) is 0 Å². The van der Waals surface area contributed by atoms with Gasteiger partial charge in [0.25, 0.3) is 5.91 Å². The molecular formula is C18H15FN6O. The van der Waals surface area contributed by atoms with Crippen molar-refractivity contribution in [2.45, 2.75) is 6.92 Å². The average Bonchev–Trinajstić information content (AvgIpc) is 3.19. The lowest BCUT2D eigenvalue weighted by molar-refractivity contribution is 0.102. The van der Waals surface area contributed by atoms with Crippen LogP contribution in [-0.4, -0.2) is 30.1 Å². The maximum atomic E-state index is 13.3. The van der Waals surface area contributed by atoms with Gasteiger partial charge in [0.15, 0.2) is 0 Å². The number of fused-ring (bicyclic) bond motifs is 1. The van der Waals surface area contributed by atoms with Crippen molar-refractivity contribution < 1.29 is 9.18 Å². The van der Waals surface area contributed by atoms with Gasteiger partial charge in [-0.2, -0.15) is 9.49 Å². The van der Waals surface area contributed by atoms with E-state index in [4.69, 9.17) is 0 Å². The van der Waals surface area contributed by atoms with Crippen molar-refractivity contribution in [2.75, 3.05) is 5.32 Å². The Labute approximate surface area is 148 Å². The number of pyridine rings is 2. The molecule has 0 fully saturated rings. The van der Waals surface area contributed by atoms with Gasteiger partial charge in [0.05, 0.1) is 17.0 Å². The predicted octanol–water partition coefficient (Wildman–Crippen LogP) is 2.83. The van der Waals surface area contributed by atoms with Crippen LogP contribution in [0.5, 0.6) is 0 Å². The molecular weight excluding hydrogens is 335 g/mol. The maximum Gasteiger partial charge on any atom is 0.260 e. The summed E-state index contributed by atoms with van der Waals surface area (Å²) in [6.45, 7) is 1.91. The van der Waals surface area contributed by atoms with Crippen molar-refractivity contribution in [3.8, 4) is 11.3 Å². The summed E-state index contributed by atoms with van der Waals surface area (Å²) in [5.74, 6) is -0.936. The lowest BCUT2D eigenvalue weighted by Gasteiger charge is -2.09. The van der Waals surface area contributed by atoms with Crippen LogP contribution in [0.1, 0.15) is 16.1 Å². The molecule has 0 unspecified atom stereocenters. The van der Waals surface area contributed by atoms with Crippen molar-refractivity contribution in [2.24, 2.45) is 7.05 Å². The molecule has 0 radical (unpaired) electrons. The molecule has 7 nitrogen and oxygen atoms in total. The number of carbonyl (C=O) groups is 1. The molecule has 4 aromatic heterocycles. The fourth-order valence-corrected chi connectivity index (χ4v) is 2.88. The molecule has 0 aliphatic carbocycles. The van der Waals surface area contributed by atoms with Crippen molar-refractivity contribution in [3.63, 3.8) is 0 Å². The Morgan fingerprint density at radius 1 is 1.27 bits per heavy atom. The molecule has 0 aliphatic rings. The summed E-state index contributed by atoms with van der Waals surface area (Å²) < 4.78 is 16.8. The quantitative estimate of drug-likeness (QED) is 0.577. The molecule has 0 saturated carbocycles. The Morgan fingerprint density at radius 2 is 2.12 bits per heavy atom. The number of halogens is 1. The van der Waals surface area contributed by atoms with E-state index in [1.807, 2.05) is 26.2 Å². The summed E-state index contributed by atoms with van der Waals surface area (Å²) in [5.41, 5.74) is 3.43. The van der Waals surface area contributed by atoms with Gasteiger partial charge in [-0.05, 0) is 31.2 Å². The summed E-state index contributed by atoms with van der Waals surface area (Å²) in [7, 11) is 1.84. The fraction of sp³-hybridized carbons (Fsp3) is 0.111. The van der Waals surface area contributed by atoms with E-state index in [1.165, 1.54) is 18.2 Å². The average molecular weight is 350 g/mol. The fourth-order valence-electron chi connectivity index (χ4n) is 2.88. The summed E-state index contributed by atoms with van der Waals surface area (Å²) in [6, 6.07) is 7.91. The minimum atomic E-state index is -0.659. The molecule has 4 heterocycles. The molecule has 26 heavy (non-hydrogen) atoms. The van der Waals surface area contributed by atoms with E-state index >= 15 is 0 Å². The summed E-state index contributed by atoms with van der Waals surface area (Å²) in [4.78, 5) is 20.7. The second-order valence-electron chi connectivity index (χ2n) is 5.89. The summed E-state index contributed by atoms with van der Waals surface area (Å²) in [5, 5.41) is 6.96. The number of anilines is 1. The highest BCUT2D eigenvalue weighted by molar-refractivity contribution is 6.08. The van der Waals surface area contributed by atoms with E-state index in [2.05, 4.69) is 20.4 Å². The number of amides is 1. The third kappa shape index (κ3) is 2.81. The Morgan fingerprint density at radius 3 is 2.85 bits per heavy atom. The molecule has 0 atom stereocenters. The van der Waals surface area contributed by atoms with Gasteiger partial charge in [0, 0.05) is 31.2 Å². The lowest BCUT2D eigenvalue weighted by atomic mass is 10.1. The highest BCUT2D eigenvalue weighted by Crippen LogP contribution is 2.24. The molecule has 130 valence electrons. The topological polar surface area (TPSA) is 77.1 Å². The van der Waals surface area contributed by atoms with Crippen LogP contribution in [0.25, 0.3) is 16.9 Å². The van der Waals surface area contributed by atoms with E-state index in [0.717, 1.165) is 17.0 Å². The molecule has 8 heteroatoms. The minimum Gasteiger partial charge on any atom is -0.306 e. The number of rotatable bonds is 3. The molecule has 0 aliphatic heterocycles. The summed E-state index contributed by atoms with van der Waals surface area (Å²) in [6.07, 6.45) is 5.26. The first kappa shape index (κ1) is 15.9. The number of aryl methyl sites for hydroxylation is 2. The Bertz CT molecular complexity index is 1130. The van der Waals surface area contributed by atoms with Crippen LogP contribution >= 0.6 is 0 Å². The molecule has 0 spiro atoms. The van der Waals surface area contributed by atoms with E-state index in [9.17, 15) is 9.18 Å². The first-order chi connectivity index (χ1) is 12.5. The molecule has 4 aromatic rings. The van der Waals surface area contributed by atoms with Gasteiger partial charge in [-0.3, -0.25) is 9.48 Å². The molecule has 0 saturated heterocycles. The Balaban J connectivity index is 1.79. The molecule has 1 amide bonds. The van der Waals surface area contributed by atoms with Gasteiger partial charge >= 0.3 is 0 Å². The minimum absolute atomic E-state index is 0.140. The molecule has 4 rings (SSSR count). The van der Waals surface area contributed by atoms with Crippen LogP contribution < -0.4 is 5.32 Å². The standard InChI is InChI=1S/C18H15FN6O/c1-11-8-14(24(2)23-11)12-9-13(17-20-6-7-25(17)10-12)18(26)22-16-5-3-4-15(19)21-16/h3-10H,1-2H3,(H,21,22,26). The van der Waals surface area contributed by atoms with Gasteiger partial charge in [0.2, 0.25) is 5.95 Å². The third-order valence-corrected chi connectivity index (χ3v) is 3.99. The van der Waals surface area contributed by atoms with Crippen molar-refractivity contribution in [3.05, 3.63) is 66.1 Å². The smallest absolute Gasteiger partial charge is 0.260 e. The monoisotopic (exact) mass is 350 g/mol. The largest absolute Gasteiger partial charge is 0.306 e. The first-order valence-corrected chi connectivity index (χ1v) is 7.93. The summed E-state index contributed by atoms with van der Waals surface area (Å²) >= 11 is 0. The second-order valence-corrected chi connectivity index (χ2v) is 5.89. The Hall–Kier alpha value is -3.55. The highest BCUT2D eigenvalue weighted by Gasteiger charge is 2.16. The zero-order valence-electron chi connectivity index (χ0n) is 14.1. The van der Waals surface area contributed by atoms with Crippen molar-refractivity contribution in [1.82, 2.24) is 24.1 Å².